The van der Waals surface area contributed by atoms with Gasteiger partial charge in [0, 0.05) is 6.26 Å². The van der Waals surface area contributed by atoms with Gasteiger partial charge in [-0.1, -0.05) is 38.1 Å². The fraction of sp³-hybridized carbons (Fsp3) is 0.538. The molecule has 0 saturated heterocycles. The van der Waals surface area contributed by atoms with Crippen molar-refractivity contribution >= 4 is 9.84 Å². The summed E-state index contributed by atoms with van der Waals surface area (Å²) in [5.41, 5.74) is 1.87. The number of rotatable bonds is 5. The first-order valence-electron chi connectivity index (χ1n) is 5.79. The zero-order valence-corrected chi connectivity index (χ0v) is 11.4. The Bertz CT molecular complexity index is 448. The standard InChI is InChI=1S/C13H20O3S/c1-4-10(2)11-5-7-12(8-6-11)13(14)9-17(3,15)16/h5-8,10,13-14H,4,9H2,1-3H3. The number of hydrogen-bond acceptors (Lipinski definition) is 3. The molecule has 17 heavy (non-hydrogen) atoms. The van der Waals surface area contributed by atoms with Crippen LogP contribution >= 0.6 is 0 Å². The van der Waals surface area contributed by atoms with Crippen LogP contribution in [0.15, 0.2) is 24.3 Å². The second-order valence-corrected chi connectivity index (χ2v) is 6.77. The van der Waals surface area contributed by atoms with Crippen molar-refractivity contribution in [1.82, 2.24) is 0 Å². The number of hydrogen-bond donors (Lipinski definition) is 1. The lowest BCUT2D eigenvalue weighted by atomic mass is 9.97. The molecular weight excluding hydrogens is 236 g/mol. The van der Waals surface area contributed by atoms with Crippen LogP contribution in [0.25, 0.3) is 0 Å². The number of benzene rings is 1. The maximum atomic E-state index is 11.1. The van der Waals surface area contributed by atoms with Crippen LogP contribution in [0.1, 0.15) is 43.4 Å². The van der Waals surface area contributed by atoms with Crippen LogP contribution in [0.3, 0.4) is 0 Å². The lowest BCUT2D eigenvalue weighted by Gasteiger charge is -2.13. The monoisotopic (exact) mass is 256 g/mol. The fourth-order valence-corrected chi connectivity index (χ4v) is 2.43. The molecule has 1 rings (SSSR count). The average Bonchev–Trinajstić information content (AvgIpc) is 2.26. The average molecular weight is 256 g/mol. The molecule has 0 bridgehead atoms. The van der Waals surface area contributed by atoms with Crippen molar-refractivity contribution in [3.05, 3.63) is 35.4 Å². The minimum absolute atomic E-state index is 0.227. The molecule has 0 aliphatic rings. The summed E-state index contributed by atoms with van der Waals surface area (Å²) in [6.45, 7) is 4.26. The van der Waals surface area contributed by atoms with Gasteiger partial charge in [0.05, 0.1) is 11.9 Å². The van der Waals surface area contributed by atoms with Crippen molar-refractivity contribution in [1.29, 1.82) is 0 Å². The molecule has 96 valence electrons. The van der Waals surface area contributed by atoms with E-state index in [-0.39, 0.29) is 5.75 Å². The molecule has 0 spiro atoms. The van der Waals surface area contributed by atoms with Gasteiger partial charge in [-0.3, -0.25) is 0 Å². The summed E-state index contributed by atoms with van der Waals surface area (Å²) in [5.74, 6) is 0.256. The normalized spacial score (nSPS) is 15.5. The van der Waals surface area contributed by atoms with Gasteiger partial charge in [0.2, 0.25) is 0 Å². The molecule has 3 nitrogen and oxygen atoms in total. The van der Waals surface area contributed by atoms with E-state index in [9.17, 15) is 13.5 Å². The lowest BCUT2D eigenvalue weighted by Crippen LogP contribution is -2.12. The van der Waals surface area contributed by atoms with Gasteiger partial charge in [-0.25, -0.2) is 8.42 Å². The van der Waals surface area contributed by atoms with Crippen molar-refractivity contribution in [2.45, 2.75) is 32.3 Å². The van der Waals surface area contributed by atoms with Gasteiger partial charge in [-0.15, -0.1) is 0 Å². The maximum absolute atomic E-state index is 11.1. The smallest absolute Gasteiger partial charge is 0.150 e. The van der Waals surface area contributed by atoms with E-state index in [2.05, 4.69) is 13.8 Å². The van der Waals surface area contributed by atoms with E-state index in [1.165, 1.54) is 5.56 Å². The first-order valence-corrected chi connectivity index (χ1v) is 7.85. The van der Waals surface area contributed by atoms with Gasteiger partial charge in [-0.05, 0) is 23.5 Å². The van der Waals surface area contributed by atoms with Crippen molar-refractivity contribution in [3.63, 3.8) is 0 Å². The van der Waals surface area contributed by atoms with Gasteiger partial charge in [0.25, 0.3) is 0 Å². The molecular formula is C13H20O3S. The Labute approximate surface area is 103 Å². The van der Waals surface area contributed by atoms with Crippen molar-refractivity contribution in [2.75, 3.05) is 12.0 Å². The summed E-state index contributed by atoms with van der Waals surface area (Å²) in [6, 6.07) is 7.51. The first kappa shape index (κ1) is 14.2. The highest BCUT2D eigenvalue weighted by Crippen LogP contribution is 2.21. The summed E-state index contributed by atoms with van der Waals surface area (Å²) >= 11 is 0. The van der Waals surface area contributed by atoms with E-state index < -0.39 is 15.9 Å². The quantitative estimate of drug-likeness (QED) is 0.879. The van der Waals surface area contributed by atoms with Gasteiger partial charge in [0.15, 0.2) is 0 Å². The minimum Gasteiger partial charge on any atom is -0.387 e. The van der Waals surface area contributed by atoms with Crippen LogP contribution < -0.4 is 0 Å². The topological polar surface area (TPSA) is 54.4 Å². The van der Waals surface area contributed by atoms with Gasteiger partial charge in [0.1, 0.15) is 9.84 Å². The Morgan fingerprint density at radius 2 is 1.65 bits per heavy atom. The zero-order valence-electron chi connectivity index (χ0n) is 10.6. The molecule has 0 saturated carbocycles. The van der Waals surface area contributed by atoms with Crippen molar-refractivity contribution in [2.24, 2.45) is 0 Å². The SMILES string of the molecule is CCC(C)c1ccc(C(O)CS(C)(=O)=O)cc1. The summed E-state index contributed by atoms with van der Waals surface area (Å²) in [6.07, 6.45) is 1.26. The third-order valence-electron chi connectivity index (χ3n) is 2.96. The second kappa shape index (κ2) is 5.65. The minimum atomic E-state index is -3.15. The number of aliphatic hydroxyl groups excluding tert-OH is 1. The second-order valence-electron chi connectivity index (χ2n) is 4.58. The molecule has 0 amide bonds. The molecule has 1 N–H and O–H groups in total. The van der Waals surface area contributed by atoms with Crippen LogP contribution in [0, 0.1) is 0 Å². The van der Waals surface area contributed by atoms with Crippen LogP contribution in [-0.2, 0) is 9.84 Å². The highest BCUT2D eigenvalue weighted by atomic mass is 32.2. The molecule has 4 heteroatoms. The summed E-state index contributed by atoms with van der Waals surface area (Å²) in [7, 11) is -3.15. The molecule has 0 aromatic heterocycles. The molecule has 2 atom stereocenters. The van der Waals surface area contributed by atoms with Crippen LogP contribution in [0.5, 0.6) is 0 Å². The van der Waals surface area contributed by atoms with Crippen LogP contribution in [-0.4, -0.2) is 25.5 Å². The maximum Gasteiger partial charge on any atom is 0.150 e. The molecule has 1 aromatic rings. The molecule has 0 heterocycles. The summed E-state index contributed by atoms with van der Waals surface area (Å²) < 4.78 is 22.2. The van der Waals surface area contributed by atoms with Crippen molar-refractivity contribution < 1.29 is 13.5 Å². The molecule has 0 aliphatic carbocycles. The summed E-state index contributed by atoms with van der Waals surface area (Å²) in [5, 5.41) is 9.76. The van der Waals surface area contributed by atoms with E-state index in [0.29, 0.717) is 11.5 Å². The number of aliphatic hydroxyl groups is 1. The Balaban J connectivity index is 2.80. The van der Waals surface area contributed by atoms with Crippen molar-refractivity contribution in [3.8, 4) is 0 Å². The van der Waals surface area contributed by atoms with E-state index in [1.807, 2.05) is 12.1 Å². The Hall–Kier alpha value is -0.870. The van der Waals surface area contributed by atoms with E-state index in [4.69, 9.17) is 0 Å². The van der Waals surface area contributed by atoms with Crippen LogP contribution in [0.2, 0.25) is 0 Å². The molecule has 0 aliphatic heterocycles. The third-order valence-corrected chi connectivity index (χ3v) is 3.88. The Kier molecular flexibility index (Phi) is 4.71. The molecule has 2 unspecified atom stereocenters. The highest BCUT2D eigenvalue weighted by Gasteiger charge is 2.14. The molecule has 0 radical (unpaired) electrons. The predicted octanol–water partition coefficient (Wildman–Crippen LogP) is 2.28. The number of sulfone groups is 1. The Morgan fingerprint density at radius 1 is 1.18 bits per heavy atom. The first-order chi connectivity index (χ1) is 7.83. The van der Waals surface area contributed by atoms with E-state index in [1.54, 1.807) is 12.1 Å². The van der Waals surface area contributed by atoms with Crippen LogP contribution in [0.4, 0.5) is 0 Å². The zero-order chi connectivity index (χ0) is 13.1. The predicted molar refractivity (Wildman–Crippen MR) is 69.8 cm³/mol. The molecule has 1 aromatic carbocycles. The fourth-order valence-electron chi connectivity index (χ4n) is 1.67. The van der Waals surface area contributed by atoms with Gasteiger partial charge < -0.3 is 5.11 Å². The highest BCUT2D eigenvalue weighted by molar-refractivity contribution is 7.90. The molecule has 0 fully saturated rings. The van der Waals surface area contributed by atoms with E-state index >= 15 is 0 Å². The largest absolute Gasteiger partial charge is 0.387 e. The lowest BCUT2D eigenvalue weighted by molar-refractivity contribution is 0.202. The third kappa shape index (κ3) is 4.48. The van der Waals surface area contributed by atoms with E-state index in [0.717, 1.165) is 12.7 Å². The van der Waals surface area contributed by atoms with Gasteiger partial charge in [-0.2, -0.15) is 0 Å². The van der Waals surface area contributed by atoms with Gasteiger partial charge >= 0.3 is 0 Å². The summed E-state index contributed by atoms with van der Waals surface area (Å²) in [4.78, 5) is 0. The Morgan fingerprint density at radius 3 is 2.06 bits per heavy atom.